The molecule has 0 saturated heterocycles. The van der Waals surface area contributed by atoms with Crippen molar-refractivity contribution in [1.82, 2.24) is 19.5 Å². The lowest BCUT2D eigenvalue weighted by Crippen LogP contribution is -2.31. The summed E-state index contributed by atoms with van der Waals surface area (Å²) >= 11 is 0. The Labute approximate surface area is 359 Å². The van der Waals surface area contributed by atoms with Crippen molar-refractivity contribution in [3.8, 4) is 39.6 Å². The van der Waals surface area contributed by atoms with Crippen LogP contribution in [0.4, 0.5) is 22.7 Å². The van der Waals surface area contributed by atoms with Crippen LogP contribution < -0.4 is 14.9 Å². The topological polar surface area (TPSA) is 67.2 Å². The fourth-order valence-corrected chi connectivity index (χ4v) is 12.5. The minimum atomic E-state index is -4.02. The summed E-state index contributed by atoms with van der Waals surface area (Å²) in [5, 5.41) is 2.37. The number of benzene rings is 8. The lowest BCUT2D eigenvalue weighted by molar-refractivity contribution is 0.581. The van der Waals surface area contributed by atoms with Gasteiger partial charge in [-0.25, -0.2) is 15.0 Å². The summed E-state index contributed by atoms with van der Waals surface area (Å²) in [6.07, 6.45) is 0. The third-order valence-electron chi connectivity index (χ3n) is 12.5. The largest absolute Gasteiger partial charge is 0.338 e. The van der Waals surface area contributed by atoms with Crippen LogP contribution in [0, 0.1) is 0 Å². The van der Waals surface area contributed by atoms with E-state index in [-0.39, 0.29) is 11.0 Å². The zero-order chi connectivity index (χ0) is 41.6. The van der Waals surface area contributed by atoms with Gasteiger partial charge in [-0.15, -0.1) is 0 Å². The molecule has 1 aliphatic heterocycles. The molecule has 7 nitrogen and oxygen atoms in total. The van der Waals surface area contributed by atoms with Gasteiger partial charge >= 0.3 is 7.44 Å². The molecular formula is C54H39N6OP. The van der Waals surface area contributed by atoms with Crippen molar-refractivity contribution >= 4 is 57.6 Å². The van der Waals surface area contributed by atoms with Gasteiger partial charge in [-0.2, -0.15) is 0 Å². The maximum atomic E-state index is 17.1. The quantitative estimate of drug-likeness (QED) is 0.156. The first-order valence-corrected chi connectivity index (χ1v) is 22.5. The second-order valence-corrected chi connectivity index (χ2v) is 18.8. The molecule has 3 heterocycles. The Kier molecular flexibility index (Phi) is 8.02. The van der Waals surface area contributed by atoms with Crippen molar-refractivity contribution < 1.29 is 4.57 Å². The lowest BCUT2D eigenvalue weighted by atomic mass is 9.82. The first-order chi connectivity index (χ1) is 30.4. The molecule has 0 amide bonds. The van der Waals surface area contributed by atoms with Gasteiger partial charge in [0.05, 0.1) is 22.4 Å². The van der Waals surface area contributed by atoms with E-state index in [4.69, 9.17) is 15.0 Å². The van der Waals surface area contributed by atoms with Gasteiger partial charge in [0.25, 0.3) is 0 Å². The summed E-state index contributed by atoms with van der Waals surface area (Å²) in [6, 6.07) is 68.3. The second-order valence-electron chi connectivity index (χ2n) is 16.5. The van der Waals surface area contributed by atoms with Crippen molar-refractivity contribution in [2.45, 2.75) is 19.3 Å². The molecule has 1 aliphatic carbocycles. The van der Waals surface area contributed by atoms with Crippen LogP contribution in [-0.4, -0.2) is 19.5 Å². The average molecular weight is 819 g/mol. The van der Waals surface area contributed by atoms with E-state index in [1.54, 1.807) is 0 Å². The maximum absolute atomic E-state index is 17.1. The Hall–Kier alpha value is -7.60. The summed E-state index contributed by atoms with van der Waals surface area (Å²) in [7, 11) is -4.02. The third-order valence-corrected chi connectivity index (χ3v) is 15.2. The Morgan fingerprint density at radius 1 is 0.435 bits per heavy atom. The van der Waals surface area contributed by atoms with Gasteiger partial charge in [-0.3, -0.25) is 13.9 Å². The van der Waals surface area contributed by atoms with E-state index in [9.17, 15) is 0 Å². The minimum Gasteiger partial charge on any atom is -0.309 e. The van der Waals surface area contributed by atoms with Crippen LogP contribution in [0.1, 0.15) is 25.0 Å². The molecule has 2 aliphatic rings. The highest BCUT2D eigenvalue weighted by molar-refractivity contribution is 7.75. The predicted octanol–water partition coefficient (Wildman–Crippen LogP) is 13.4. The number of hydrogen-bond acceptors (Lipinski definition) is 4. The Bertz CT molecular complexity index is 3370. The Balaban J connectivity index is 1.13. The summed E-state index contributed by atoms with van der Waals surface area (Å²) < 4.78 is 23.4. The molecule has 0 saturated carbocycles. The molecule has 8 heteroatoms. The average Bonchev–Trinajstić information content (AvgIpc) is 3.88. The van der Waals surface area contributed by atoms with Crippen LogP contribution in [0.25, 0.3) is 61.4 Å². The molecule has 1 unspecified atom stereocenters. The van der Waals surface area contributed by atoms with Crippen LogP contribution in [0.2, 0.25) is 0 Å². The normalized spacial score (nSPS) is 16.1. The van der Waals surface area contributed by atoms with Crippen molar-refractivity contribution in [1.29, 1.82) is 0 Å². The van der Waals surface area contributed by atoms with Crippen molar-refractivity contribution in [2.75, 3.05) is 9.34 Å². The minimum absolute atomic E-state index is 0.173. The number of rotatable bonds is 6. The molecule has 0 bridgehead atoms. The number of para-hydroxylation sites is 3. The number of anilines is 4. The van der Waals surface area contributed by atoms with E-state index in [1.165, 1.54) is 33.0 Å². The molecule has 0 spiro atoms. The van der Waals surface area contributed by atoms with E-state index >= 15 is 4.57 Å². The Morgan fingerprint density at radius 3 is 1.63 bits per heavy atom. The molecule has 2 aromatic heterocycles. The zero-order valence-electron chi connectivity index (χ0n) is 34.1. The maximum Gasteiger partial charge on any atom is 0.338 e. The first kappa shape index (κ1) is 36.3. The molecule has 296 valence electrons. The fraction of sp³-hybridized carbons (Fsp3) is 0.0556. The summed E-state index contributed by atoms with van der Waals surface area (Å²) in [6.45, 7) is 4.65. The second kappa shape index (κ2) is 13.7. The molecule has 0 radical (unpaired) electrons. The summed E-state index contributed by atoms with van der Waals surface area (Å²) in [4.78, 5) is 15.3. The third kappa shape index (κ3) is 5.31. The summed E-state index contributed by atoms with van der Waals surface area (Å²) in [5.74, 6) is 0.899. The molecule has 12 rings (SSSR count). The molecular weight excluding hydrogens is 780 g/mol. The summed E-state index contributed by atoms with van der Waals surface area (Å²) in [5.41, 5.74) is 13.1. The zero-order valence-corrected chi connectivity index (χ0v) is 35.0. The van der Waals surface area contributed by atoms with Gasteiger partial charge in [0.15, 0.2) is 11.6 Å². The molecule has 1 atom stereocenters. The smallest absolute Gasteiger partial charge is 0.309 e. The van der Waals surface area contributed by atoms with Crippen molar-refractivity contribution in [2.24, 2.45) is 0 Å². The van der Waals surface area contributed by atoms with E-state index in [0.717, 1.165) is 50.6 Å². The van der Waals surface area contributed by atoms with E-state index in [1.807, 2.05) is 131 Å². The van der Waals surface area contributed by atoms with Gasteiger partial charge in [0, 0.05) is 44.4 Å². The highest BCUT2D eigenvalue weighted by Gasteiger charge is 2.52. The standard InChI is InChI=1S/C54H39N6OP/c1-54(2)45-29-17-15-27-41(45)43-34-44-42-28-16-18-30-47(42)58(49(44)35-46(43)54)40-31-32-48-50(33-40)60(39-25-13-6-14-26-39)62(61,59(48)38-23-11-5-12-24-38)53-56-51(36-19-7-3-8-20-36)55-52(57-53)37-21-9-4-10-22-37/h3-35H,1-2H3. The van der Waals surface area contributed by atoms with Crippen LogP contribution in [0.15, 0.2) is 200 Å². The van der Waals surface area contributed by atoms with Gasteiger partial charge in [0.1, 0.15) is 0 Å². The highest BCUT2D eigenvalue weighted by atomic mass is 31.2. The molecule has 0 N–H and O–H groups in total. The van der Waals surface area contributed by atoms with Gasteiger partial charge < -0.3 is 4.57 Å². The first-order valence-electron chi connectivity index (χ1n) is 20.9. The van der Waals surface area contributed by atoms with Crippen LogP contribution in [0.5, 0.6) is 0 Å². The van der Waals surface area contributed by atoms with Crippen molar-refractivity contribution in [3.63, 3.8) is 0 Å². The van der Waals surface area contributed by atoms with Crippen LogP contribution in [-0.2, 0) is 9.98 Å². The highest BCUT2D eigenvalue weighted by Crippen LogP contribution is 2.70. The van der Waals surface area contributed by atoms with Gasteiger partial charge in [0.2, 0.25) is 5.57 Å². The molecule has 62 heavy (non-hydrogen) atoms. The van der Waals surface area contributed by atoms with E-state index in [2.05, 4.69) is 97.3 Å². The van der Waals surface area contributed by atoms with Crippen LogP contribution >= 0.6 is 7.44 Å². The number of aromatic nitrogens is 4. The molecule has 8 aromatic carbocycles. The van der Waals surface area contributed by atoms with E-state index in [0.29, 0.717) is 11.6 Å². The SMILES string of the molecule is CC1(C)c2ccccc2-c2cc3c4ccccc4n(-c4ccc5c(c4)N(c4ccccc4)P(=O)(c4nc(-c6ccccc6)nc(-c6ccccc6)n4)N5c4ccccc4)c3cc21. The number of nitrogens with zero attached hydrogens (tertiary/aromatic N) is 6. The van der Waals surface area contributed by atoms with Gasteiger partial charge in [-0.1, -0.05) is 153 Å². The van der Waals surface area contributed by atoms with Gasteiger partial charge in [-0.05, 0) is 82.9 Å². The fourth-order valence-electron chi connectivity index (χ4n) is 9.66. The van der Waals surface area contributed by atoms with Crippen LogP contribution in [0.3, 0.4) is 0 Å². The monoisotopic (exact) mass is 818 g/mol. The number of fused-ring (bicyclic) bond motifs is 7. The predicted molar refractivity (Wildman–Crippen MR) is 253 cm³/mol. The molecule has 0 fully saturated rings. The lowest BCUT2D eigenvalue weighted by Gasteiger charge is -2.31. The number of hydrogen-bond donors (Lipinski definition) is 0. The Morgan fingerprint density at radius 2 is 0.984 bits per heavy atom. The van der Waals surface area contributed by atoms with Crippen molar-refractivity contribution in [3.05, 3.63) is 211 Å². The van der Waals surface area contributed by atoms with E-state index < -0.39 is 7.44 Å². The molecule has 10 aromatic rings.